The molecule has 2 atom stereocenters. The van der Waals surface area contributed by atoms with Crippen LogP contribution in [0.15, 0.2) is 24.3 Å². The predicted octanol–water partition coefficient (Wildman–Crippen LogP) is 3.38. The van der Waals surface area contributed by atoms with Crippen molar-refractivity contribution in [1.82, 2.24) is 0 Å². The molecule has 0 bridgehead atoms. The van der Waals surface area contributed by atoms with E-state index in [4.69, 9.17) is 11.6 Å². The number of hydrogen-bond acceptors (Lipinski definition) is 2. The van der Waals surface area contributed by atoms with Crippen LogP contribution >= 0.6 is 23.4 Å². The molecule has 0 saturated carbocycles. The molecule has 1 heterocycles. The summed E-state index contributed by atoms with van der Waals surface area (Å²) in [5.74, 6) is 2.79. The van der Waals surface area contributed by atoms with Gasteiger partial charge in [-0.05, 0) is 41.5 Å². The minimum Gasteiger partial charge on any atom is -0.303 e. The fraction of sp³-hybridized carbons (Fsp3) is 0.417. The van der Waals surface area contributed by atoms with Gasteiger partial charge in [-0.1, -0.05) is 23.7 Å². The number of aldehydes is 1. The molecule has 1 aliphatic rings. The molecule has 0 amide bonds. The van der Waals surface area contributed by atoms with Gasteiger partial charge in [0, 0.05) is 10.9 Å². The smallest absolute Gasteiger partial charge is 0.127 e. The van der Waals surface area contributed by atoms with Crippen molar-refractivity contribution in [3.8, 4) is 0 Å². The van der Waals surface area contributed by atoms with Crippen molar-refractivity contribution in [2.45, 2.75) is 12.3 Å². The Labute approximate surface area is 99.2 Å². The van der Waals surface area contributed by atoms with E-state index in [1.807, 2.05) is 36.0 Å². The third-order valence-electron chi connectivity index (χ3n) is 2.85. The van der Waals surface area contributed by atoms with Crippen molar-refractivity contribution in [3.63, 3.8) is 0 Å². The number of halogens is 1. The van der Waals surface area contributed by atoms with E-state index >= 15 is 0 Å². The minimum absolute atomic E-state index is 0.0266. The maximum Gasteiger partial charge on any atom is 0.127 e. The second-order valence-corrected chi connectivity index (χ2v) is 5.43. The summed E-state index contributed by atoms with van der Waals surface area (Å²) in [6.07, 6.45) is 2.21. The van der Waals surface area contributed by atoms with Crippen molar-refractivity contribution < 1.29 is 4.79 Å². The highest BCUT2D eigenvalue weighted by molar-refractivity contribution is 7.99. The van der Waals surface area contributed by atoms with Crippen LogP contribution in [-0.4, -0.2) is 17.8 Å². The summed E-state index contributed by atoms with van der Waals surface area (Å²) in [6, 6.07) is 7.66. The van der Waals surface area contributed by atoms with Crippen LogP contribution < -0.4 is 0 Å². The second-order valence-electron chi connectivity index (χ2n) is 3.84. The molecule has 0 aromatic heterocycles. The summed E-state index contributed by atoms with van der Waals surface area (Å²) < 4.78 is 0. The highest BCUT2D eigenvalue weighted by Crippen LogP contribution is 2.35. The SMILES string of the molecule is O=CC(c1cccc(Cl)c1)C1CCSC1. The Morgan fingerprint density at radius 3 is 3.00 bits per heavy atom. The molecule has 0 spiro atoms. The fourth-order valence-corrected chi connectivity index (χ4v) is 3.52. The normalized spacial score (nSPS) is 22.6. The van der Waals surface area contributed by atoms with Gasteiger partial charge in [0.15, 0.2) is 0 Å². The van der Waals surface area contributed by atoms with Crippen LogP contribution in [0, 0.1) is 5.92 Å². The first-order valence-corrected chi connectivity index (χ1v) is 6.63. The Bertz CT molecular complexity index is 347. The molecule has 1 saturated heterocycles. The first-order valence-electron chi connectivity index (χ1n) is 5.10. The third kappa shape index (κ3) is 2.56. The van der Waals surface area contributed by atoms with E-state index in [1.165, 1.54) is 5.75 Å². The molecule has 2 unspecified atom stereocenters. The molecule has 1 aromatic rings. The number of benzene rings is 1. The van der Waals surface area contributed by atoms with E-state index in [9.17, 15) is 4.79 Å². The van der Waals surface area contributed by atoms with Crippen LogP contribution in [0.25, 0.3) is 0 Å². The molecular formula is C12H13ClOS. The van der Waals surface area contributed by atoms with Crippen LogP contribution in [0.3, 0.4) is 0 Å². The Hall–Kier alpha value is -0.470. The summed E-state index contributed by atoms with van der Waals surface area (Å²) in [6.45, 7) is 0. The van der Waals surface area contributed by atoms with Gasteiger partial charge in [0.2, 0.25) is 0 Å². The molecule has 2 rings (SSSR count). The van der Waals surface area contributed by atoms with Crippen molar-refractivity contribution in [1.29, 1.82) is 0 Å². The molecule has 15 heavy (non-hydrogen) atoms. The summed E-state index contributed by atoms with van der Waals surface area (Å²) in [4.78, 5) is 11.2. The van der Waals surface area contributed by atoms with E-state index in [2.05, 4.69) is 0 Å². The standard InChI is InChI=1S/C12H13ClOS/c13-11-3-1-2-9(6-11)12(7-14)10-4-5-15-8-10/h1-3,6-7,10,12H,4-5,8H2. The van der Waals surface area contributed by atoms with E-state index < -0.39 is 0 Å². The monoisotopic (exact) mass is 240 g/mol. The van der Waals surface area contributed by atoms with Crippen LogP contribution in [0.4, 0.5) is 0 Å². The largest absolute Gasteiger partial charge is 0.303 e. The summed E-state index contributed by atoms with van der Waals surface area (Å²) in [5, 5.41) is 0.713. The first kappa shape index (κ1) is 11.0. The lowest BCUT2D eigenvalue weighted by atomic mass is 9.87. The number of thioether (sulfide) groups is 1. The van der Waals surface area contributed by atoms with Crippen LogP contribution in [-0.2, 0) is 4.79 Å². The van der Waals surface area contributed by atoms with E-state index in [0.717, 1.165) is 24.0 Å². The average molecular weight is 241 g/mol. The maximum atomic E-state index is 11.2. The van der Waals surface area contributed by atoms with E-state index in [1.54, 1.807) is 0 Å². The molecule has 1 aromatic carbocycles. The third-order valence-corrected chi connectivity index (χ3v) is 4.28. The Balaban J connectivity index is 2.21. The second kappa shape index (κ2) is 5.04. The molecule has 3 heteroatoms. The zero-order chi connectivity index (χ0) is 10.7. The highest BCUT2D eigenvalue weighted by Gasteiger charge is 2.26. The van der Waals surface area contributed by atoms with Gasteiger partial charge in [0.05, 0.1) is 0 Å². The summed E-state index contributed by atoms with van der Waals surface area (Å²) >= 11 is 7.86. The van der Waals surface area contributed by atoms with E-state index in [0.29, 0.717) is 10.9 Å². The number of rotatable bonds is 3. The van der Waals surface area contributed by atoms with E-state index in [-0.39, 0.29) is 5.92 Å². The van der Waals surface area contributed by atoms with Gasteiger partial charge >= 0.3 is 0 Å². The van der Waals surface area contributed by atoms with Gasteiger partial charge in [-0.15, -0.1) is 0 Å². The highest BCUT2D eigenvalue weighted by atomic mass is 35.5. The first-order chi connectivity index (χ1) is 7.31. The molecule has 80 valence electrons. The molecule has 1 fully saturated rings. The van der Waals surface area contributed by atoms with Gasteiger partial charge in [0.25, 0.3) is 0 Å². The van der Waals surface area contributed by atoms with Crippen molar-refractivity contribution in [2.75, 3.05) is 11.5 Å². The average Bonchev–Trinajstić information content (AvgIpc) is 2.72. The van der Waals surface area contributed by atoms with Gasteiger partial charge in [-0.3, -0.25) is 0 Å². The van der Waals surface area contributed by atoms with Gasteiger partial charge in [-0.25, -0.2) is 0 Å². The molecule has 0 N–H and O–H groups in total. The maximum absolute atomic E-state index is 11.2. The molecule has 1 nitrogen and oxygen atoms in total. The number of carbonyl (C=O) groups is 1. The molecular weight excluding hydrogens is 228 g/mol. The topological polar surface area (TPSA) is 17.1 Å². The summed E-state index contributed by atoms with van der Waals surface area (Å²) in [5.41, 5.74) is 1.06. The zero-order valence-electron chi connectivity index (χ0n) is 8.36. The zero-order valence-corrected chi connectivity index (χ0v) is 9.93. The number of hydrogen-bond donors (Lipinski definition) is 0. The van der Waals surface area contributed by atoms with Crippen molar-refractivity contribution in [3.05, 3.63) is 34.9 Å². The van der Waals surface area contributed by atoms with Crippen LogP contribution in [0.5, 0.6) is 0 Å². The van der Waals surface area contributed by atoms with Gasteiger partial charge in [-0.2, -0.15) is 11.8 Å². The lowest BCUT2D eigenvalue weighted by molar-refractivity contribution is -0.109. The van der Waals surface area contributed by atoms with Gasteiger partial charge < -0.3 is 4.79 Å². The minimum atomic E-state index is 0.0266. The quantitative estimate of drug-likeness (QED) is 0.754. The number of carbonyl (C=O) groups excluding carboxylic acids is 1. The molecule has 1 aliphatic heterocycles. The Morgan fingerprint density at radius 1 is 1.53 bits per heavy atom. The Morgan fingerprint density at radius 2 is 2.40 bits per heavy atom. The van der Waals surface area contributed by atoms with Crippen molar-refractivity contribution >= 4 is 29.6 Å². The lowest BCUT2D eigenvalue weighted by Crippen LogP contribution is -2.13. The molecule has 0 aliphatic carbocycles. The predicted molar refractivity (Wildman–Crippen MR) is 65.7 cm³/mol. The van der Waals surface area contributed by atoms with Crippen LogP contribution in [0.2, 0.25) is 5.02 Å². The summed E-state index contributed by atoms with van der Waals surface area (Å²) in [7, 11) is 0. The molecule has 0 radical (unpaired) electrons. The van der Waals surface area contributed by atoms with Crippen LogP contribution in [0.1, 0.15) is 17.9 Å². The van der Waals surface area contributed by atoms with Gasteiger partial charge in [0.1, 0.15) is 6.29 Å². The Kier molecular flexibility index (Phi) is 3.71. The lowest BCUT2D eigenvalue weighted by Gasteiger charge is -2.17. The van der Waals surface area contributed by atoms with Crippen molar-refractivity contribution in [2.24, 2.45) is 5.92 Å². The fourth-order valence-electron chi connectivity index (χ4n) is 2.01.